The van der Waals surface area contributed by atoms with Crippen molar-refractivity contribution in [2.75, 3.05) is 20.2 Å². The van der Waals surface area contributed by atoms with Crippen LogP contribution in [0, 0.1) is 5.92 Å². The molecule has 0 saturated carbocycles. The van der Waals surface area contributed by atoms with Crippen molar-refractivity contribution in [1.29, 1.82) is 0 Å². The maximum Gasteiger partial charge on any atom is 0.326 e. The van der Waals surface area contributed by atoms with Gasteiger partial charge in [-0.1, -0.05) is 30.3 Å². The monoisotopic (exact) mass is 334 g/mol. The van der Waals surface area contributed by atoms with Crippen LogP contribution in [0.3, 0.4) is 0 Å². The molecule has 0 radical (unpaired) electrons. The number of benzene rings is 1. The summed E-state index contributed by atoms with van der Waals surface area (Å²) in [5.74, 6) is -2.03. The van der Waals surface area contributed by atoms with E-state index in [9.17, 15) is 19.5 Å². The molecule has 0 bridgehead atoms. The molecular formula is C17H22N2O5. The summed E-state index contributed by atoms with van der Waals surface area (Å²) in [6.07, 6.45) is 0.711. The van der Waals surface area contributed by atoms with Gasteiger partial charge in [0.2, 0.25) is 11.8 Å². The molecule has 2 N–H and O–H groups in total. The Hall–Kier alpha value is -2.41. The first-order valence-corrected chi connectivity index (χ1v) is 7.88. The third-order valence-corrected chi connectivity index (χ3v) is 4.14. The molecule has 1 heterocycles. The van der Waals surface area contributed by atoms with E-state index in [4.69, 9.17) is 4.74 Å². The summed E-state index contributed by atoms with van der Waals surface area (Å²) in [5, 5.41) is 11.9. The molecule has 1 aliphatic rings. The first-order valence-electron chi connectivity index (χ1n) is 7.88. The fourth-order valence-corrected chi connectivity index (χ4v) is 2.83. The van der Waals surface area contributed by atoms with Crippen molar-refractivity contribution >= 4 is 17.8 Å². The molecule has 2 rings (SSSR count). The summed E-state index contributed by atoms with van der Waals surface area (Å²) in [4.78, 5) is 36.8. The number of hydrogen-bond acceptors (Lipinski definition) is 4. The molecule has 0 unspecified atom stereocenters. The maximum absolute atomic E-state index is 12.4. The van der Waals surface area contributed by atoms with Crippen molar-refractivity contribution in [2.45, 2.75) is 25.5 Å². The van der Waals surface area contributed by atoms with Crippen LogP contribution in [0.4, 0.5) is 0 Å². The van der Waals surface area contributed by atoms with E-state index in [-0.39, 0.29) is 38.0 Å². The number of carboxylic acids is 1. The number of carbonyl (C=O) groups is 3. The lowest BCUT2D eigenvalue weighted by Crippen LogP contribution is -2.54. The number of ether oxygens (including phenoxy) is 1. The lowest BCUT2D eigenvalue weighted by molar-refractivity contribution is -0.156. The van der Waals surface area contributed by atoms with Crippen molar-refractivity contribution in [3.63, 3.8) is 0 Å². The smallest absolute Gasteiger partial charge is 0.326 e. The van der Waals surface area contributed by atoms with Crippen LogP contribution >= 0.6 is 0 Å². The van der Waals surface area contributed by atoms with Crippen LogP contribution in [-0.4, -0.2) is 54.0 Å². The number of rotatable bonds is 6. The van der Waals surface area contributed by atoms with Crippen molar-refractivity contribution < 1.29 is 24.2 Å². The third-order valence-electron chi connectivity index (χ3n) is 4.14. The number of nitrogens with zero attached hydrogens (tertiary/aromatic N) is 1. The van der Waals surface area contributed by atoms with E-state index in [0.29, 0.717) is 6.42 Å². The maximum atomic E-state index is 12.4. The highest BCUT2D eigenvalue weighted by molar-refractivity contribution is 5.86. The van der Waals surface area contributed by atoms with Gasteiger partial charge >= 0.3 is 5.97 Å². The number of carbonyl (C=O) groups excluding carboxylic acids is 2. The zero-order chi connectivity index (χ0) is 17.5. The summed E-state index contributed by atoms with van der Waals surface area (Å²) < 4.78 is 5.40. The molecule has 7 nitrogen and oxygen atoms in total. The highest BCUT2D eigenvalue weighted by Gasteiger charge is 2.38. The summed E-state index contributed by atoms with van der Waals surface area (Å²) in [6.45, 7) is 0.167. The van der Waals surface area contributed by atoms with Gasteiger partial charge in [-0.05, 0) is 18.4 Å². The molecule has 0 aromatic heterocycles. The van der Waals surface area contributed by atoms with Crippen molar-refractivity contribution in [2.24, 2.45) is 5.92 Å². The molecule has 7 heteroatoms. The molecule has 1 saturated heterocycles. The first-order chi connectivity index (χ1) is 11.5. The lowest BCUT2D eigenvalue weighted by Gasteiger charge is -2.36. The van der Waals surface area contributed by atoms with Crippen LogP contribution in [0.2, 0.25) is 0 Å². The van der Waals surface area contributed by atoms with Crippen LogP contribution < -0.4 is 5.32 Å². The van der Waals surface area contributed by atoms with E-state index >= 15 is 0 Å². The van der Waals surface area contributed by atoms with Gasteiger partial charge in [0.05, 0.1) is 12.5 Å². The van der Waals surface area contributed by atoms with Gasteiger partial charge in [-0.3, -0.25) is 9.59 Å². The number of likely N-dealkylation sites (tertiary alicyclic amines) is 1. The van der Waals surface area contributed by atoms with Crippen LogP contribution in [0.25, 0.3) is 0 Å². The van der Waals surface area contributed by atoms with Crippen molar-refractivity contribution in [3.05, 3.63) is 35.9 Å². The molecule has 1 aromatic carbocycles. The molecule has 1 fully saturated rings. The Morgan fingerprint density at radius 1 is 1.25 bits per heavy atom. The number of nitrogens with one attached hydrogen (secondary N) is 1. The van der Waals surface area contributed by atoms with E-state index in [0.717, 1.165) is 5.56 Å². The van der Waals surface area contributed by atoms with Crippen molar-refractivity contribution in [1.82, 2.24) is 10.2 Å². The third kappa shape index (κ3) is 4.55. The fraction of sp³-hybridized carbons (Fsp3) is 0.471. The average molecular weight is 334 g/mol. The van der Waals surface area contributed by atoms with Crippen LogP contribution in [0.1, 0.15) is 18.4 Å². The quantitative estimate of drug-likeness (QED) is 0.796. The SMILES string of the molecule is CNC(=O)[C@H]1CC[C@@H](C(=O)O)N(C(=O)COCc2ccccc2)C1. The number of amides is 2. The zero-order valence-corrected chi connectivity index (χ0v) is 13.6. The summed E-state index contributed by atoms with van der Waals surface area (Å²) in [6, 6.07) is 8.50. The topological polar surface area (TPSA) is 95.9 Å². The summed E-state index contributed by atoms with van der Waals surface area (Å²) in [7, 11) is 1.53. The van der Waals surface area contributed by atoms with Crippen LogP contribution in [-0.2, 0) is 25.7 Å². The Morgan fingerprint density at radius 2 is 1.96 bits per heavy atom. The molecule has 1 aromatic rings. The largest absolute Gasteiger partial charge is 0.480 e. The number of carboxylic acid groups (broad SMARTS) is 1. The minimum absolute atomic E-state index is 0.101. The Bertz CT molecular complexity index is 590. The number of piperidine rings is 1. The van der Waals surface area contributed by atoms with Crippen LogP contribution in [0.15, 0.2) is 30.3 Å². The molecule has 2 atom stereocenters. The van der Waals surface area contributed by atoms with Crippen LogP contribution in [0.5, 0.6) is 0 Å². The number of hydrogen-bond donors (Lipinski definition) is 2. The van der Waals surface area contributed by atoms with E-state index in [2.05, 4.69) is 5.32 Å². The molecule has 0 spiro atoms. The standard InChI is InChI=1S/C17H22N2O5/c1-18-16(21)13-7-8-14(17(22)23)19(9-13)15(20)11-24-10-12-5-3-2-4-6-12/h2-6,13-14H,7-11H2,1H3,(H,18,21)(H,22,23)/t13-,14-/m0/s1. The molecule has 0 aliphatic carbocycles. The average Bonchev–Trinajstić information content (AvgIpc) is 2.61. The van der Waals surface area contributed by atoms with Gasteiger partial charge in [0.15, 0.2) is 0 Å². The summed E-state index contributed by atoms with van der Waals surface area (Å²) >= 11 is 0. The molecule has 24 heavy (non-hydrogen) atoms. The van der Waals surface area contributed by atoms with Gasteiger partial charge < -0.3 is 20.1 Å². The normalized spacial score (nSPS) is 20.5. The zero-order valence-electron chi connectivity index (χ0n) is 13.6. The predicted octanol–water partition coefficient (Wildman–Crippen LogP) is 0.641. The second-order valence-corrected chi connectivity index (χ2v) is 5.77. The first kappa shape index (κ1) is 17.9. The predicted molar refractivity (Wildman–Crippen MR) is 86.0 cm³/mol. The Morgan fingerprint density at radius 3 is 2.58 bits per heavy atom. The Kier molecular flexibility index (Phi) is 6.31. The second-order valence-electron chi connectivity index (χ2n) is 5.77. The molecule has 1 aliphatic heterocycles. The van der Waals surface area contributed by atoms with E-state index in [1.54, 1.807) is 0 Å². The lowest BCUT2D eigenvalue weighted by atomic mass is 9.92. The van der Waals surface area contributed by atoms with E-state index < -0.39 is 17.9 Å². The minimum Gasteiger partial charge on any atom is -0.480 e. The van der Waals surface area contributed by atoms with Gasteiger partial charge in [0.25, 0.3) is 0 Å². The van der Waals surface area contributed by atoms with Crippen molar-refractivity contribution in [3.8, 4) is 0 Å². The van der Waals surface area contributed by atoms with Gasteiger partial charge in [0.1, 0.15) is 12.6 Å². The van der Waals surface area contributed by atoms with E-state index in [1.807, 2.05) is 30.3 Å². The Balaban J connectivity index is 1.94. The van der Waals surface area contributed by atoms with Gasteiger partial charge in [-0.2, -0.15) is 0 Å². The minimum atomic E-state index is -1.05. The highest BCUT2D eigenvalue weighted by atomic mass is 16.5. The summed E-state index contributed by atoms with van der Waals surface area (Å²) in [5.41, 5.74) is 0.932. The van der Waals surface area contributed by atoms with Gasteiger partial charge in [-0.25, -0.2) is 4.79 Å². The molecule has 130 valence electrons. The molecule has 2 amide bonds. The second kappa shape index (κ2) is 8.44. The fourth-order valence-electron chi connectivity index (χ4n) is 2.83. The Labute approximate surface area is 140 Å². The molecular weight excluding hydrogens is 312 g/mol. The highest BCUT2D eigenvalue weighted by Crippen LogP contribution is 2.23. The van der Waals surface area contributed by atoms with E-state index in [1.165, 1.54) is 11.9 Å². The number of aliphatic carboxylic acids is 1. The van der Waals surface area contributed by atoms with Gasteiger partial charge in [-0.15, -0.1) is 0 Å². The van der Waals surface area contributed by atoms with Gasteiger partial charge in [0, 0.05) is 13.6 Å².